The van der Waals surface area contributed by atoms with E-state index in [1.807, 2.05) is 36.4 Å². The first-order valence-corrected chi connectivity index (χ1v) is 13.5. The zero-order valence-electron chi connectivity index (χ0n) is 21.6. The Morgan fingerprint density at radius 3 is 2.49 bits per heavy atom. The summed E-state index contributed by atoms with van der Waals surface area (Å²) in [5.41, 5.74) is 12.2. The van der Waals surface area contributed by atoms with Crippen molar-refractivity contribution in [2.75, 3.05) is 24.6 Å². The summed E-state index contributed by atoms with van der Waals surface area (Å²) in [6.45, 7) is 2.21. The van der Waals surface area contributed by atoms with Crippen molar-refractivity contribution in [2.24, 2.45) is 23.2 Å². The summed E-state index contributed by atoms with van der Waals surface area (Å²) in [6, 6.07) is 18.1. The van der Waals surface area contributed by atoms with Crippen molar-refractivity contribution < 1.29 is 4.79 Å². The molecule has 0 aliphatic heterocycles. The van der Waals surface area contributed by atoms with Gasteiger partial charge in [0.1, 0.15) is 0 Å². The van der Waals surface area contributed by atoms with Crippen molar-refractivity contribution >= 4 is 23.4 Å². The number of hydrogen-bond acceptors (Lipinski definition) is 4. The number of aromatic nitrogens is 1. The number of benzene rings is 2. The quantitative estimate of drug-likeness (QED) is 0.288. The zero-order valence-corrected chi connectivity index (χ0v) is 21.6. The van der Waals surface area contributed by atoms with Gasteiger partial charge in [0.25, 0.3) is 0 Å². The second kappa shape index (κ2) is 9.79. The first kappa shape index (κ1) is 23.9. The SMILES string of the molecule is CN(Cc1ccc(/C=C/C(=O)Nc2cc(-c3ccncc3)ccc2N)cc1)CC12CC3CC(CC1C3)C2. The number of nitrogens with two attached hydrogens (primary N) is 1. The molecule has 190 valence electrons. The maximum absolute atomic E-state index is 12.6. The van der Waals surface area contributed by atoms with Gasteiger partial charge < -0.3 is 16.0 Å². The number of carbonyl (C=O) groups excluding carboxylic acids is 1. The van der Waals surface area contributed by atoms with Gasteiger partial charge in [0, 0.05) is 31.6 Å². The third-order valence-corrected chi connectivity index (χ3v) is 8.93. The number of pyridine rings is 1. The summed E-state index contributed by atoms with van der Waals surface area (Å²) >= 11 is 0. The molecule has 2 atom stereocenters. The lowest BCUT2D eigenvalue weighted by atomic mass is 9.75. The maximum atomic E-state index is 12.6. The van der Waals surface area contributed by atoms with E-state index >= 15 is 0 Å². The maximum Gasteiger partial charge on any atom is 0.248 e. The van der Waals surface area contributed by atoms with E-state index in [0.29, 0.717) is 16.8 Å². The molecule has 37 heavy (non-hydrogen) atoms. The summed E-state index contributed by atoms with van der Waals surface area (Å²) in [4.78, 5) is 19.2. The Bertz CT molecular complexity index is 1290. The van der Waals surface area contributed by atoms with E-state index in [-0.39, 0.29) is 5.91 Å². The van der Waals surface area contributed by atoms with E-state index in [1.165, 1.54) is 44.2 Å². The van der Waals surface area contributed by atoms with Gasteiger partial charge in [-0.1, -0.05) is 30.3 Å². The highest BCUT2D eigenvalue weighted by Crippen LogP contribution is 2.65. The molecule has 4 aliphatic rings. The predicted octanol–water partition coefficient (Wildman–Crippen LogP) is 6.24. The van der Waals surface area contributed by atoms with Crippen LogP contribution in [-0.2, 0) is 11.3 Å². The van der Waals surface area contributed by atoms with Gasteiger partial charge in [-0.15, -0.1) is 0 Å². The summed E-state index contributed by atoms with van der Waals surface area (Å²) in [5.74, 6) is 2.79. The number of nitrogens with zero attached hydrogens (tertiary/aromatic N) is 2. The summed E-state index contributed by atoms with van der Waals surface area (Å²) < 4.78 is 0. The molecule has 1 aromatic heterocycles. The molecule has 4 saturated carbocycles. The molecule has 0 spiro atoms. The first-order valence-electron chi connectivity index (χ1n) is 13.5. The van der Waals surface area contributed by atoms with E-state index < -0.39 is 0 Å². The van der Waals surface area contributed by atoms with Crippen molar-refractivity contribution in [3.05, 3.63) is 84.2 Å². The van der Waals surface area contributed by atoms with E-state index in [9.17, 15) is 4.79 Å². The van der Waals surface area contributed by atoms with Crippen LogP contribution in [0.3, 0.4) is 0 Å². The smallest absolute Gasteiger partial charge is 0.248 e. The van der Waals surface area contributed by atoms with E-state index in [1.54, 1.807) is 18.5 Å². The third kappa shape index (κ3) is 5.05. The van der Waals surface area contributed by atoms with Crippen LogP contribution in [0.15, 0.2) is 73.1 Å². The summed E-state index contributed by atoms with van der Waals surface area (Å²) in [6.07, 6.45) is 14.3. The van der Waals surface area contributed by atoms with Crippen molar-refractivity contribution in [2.45, 2.75) is 38.6 Å². The lowest BCUT2D eigenvalue weighted by molar-refractivity contribution is -0.111. The molecule has 1 amide bonds. The van der Waals surface area contributed by atoms with Crippen molar-refractivity contribution in [3.8, 4) is 11.1 Å². The number of carbonyl (C=O) groups is 1. The molecule has 3 aromatic rings. The molecular formula is C32H36N4O. The topological polar surface area (TPSA) is 71.2 Å². The van der Waals surface area contributed by atoms with Gasteiger partial charge in [-0.2, -0.15) is 0 Å². The highest BCUT2D eigenvalue weighted by molar-refractivity contribution is 6.04. The lowest BCUT2D eigenvalue weighted by Crippen LogP contribution is -2.36. The highest BCUT2D eigenvalue weighted by Gasteiger charge is 2.57. The molecule has 7 rings (SSSR count). The Morgan fingerprint density at radius 2 is 1.76 bits per heavy atom. The number of anilines is 2. The molecule has 2 unspecified atom stereocenters. The molecule has 0 saturated heterocycles. The Morgan fingerprint density at radius 1 is 1.03 bits per heavy atom. The van der Waals surface area contributed by atoms with Crippen LogP contribution in [0.4, 0.5) is 11.4 Å². The van der Waals surface area contributed by atoms with E-state index in [2.05, 4.69) is 46.5 Å². The van der Waals surface area contributed by atoms with Crippen LogP contribution in [0.5, 0.6) is 0 Å². The minimum atomic E-state index is -0.206. The van der Waals surface area contributed by atoms with E-state index in [0.717, 1.165) is 41.0 Å². The van der Waals surface area contributed by atoms with Crippen LogP contribution in [0.1, 0.15) is 43.2 Å². The van der Waals surface area contributed by atoms with Crippen LogP contribution in [-0.4, -0.2) is 29.4 Å². The molecule has 4 fully saturated rings. The summed E-state index contributed by atoms with van der Waals surface area (Å²) in [5, 5.41) is 2.91. The number of amides is 1. The van der Waals surface area contributed by atoms with Crippen LogP contribution < -0.4 is 11.1 Å². The Hall–Kier alpha value is -3.44. The normalized spacial score (nSPS) is 25.8. The van der Waals surface area contributed by atoms with Crippen LogP contribution >= 0.6 is 0 Å². The second-order valence-electron chi connectivity index (χ2n) is 11.7. The Labute approximate surface area is 219 Å². The number of nitrogen functional groups attached to an aromatic ring is 1. The van der Waals surface area contributed by atoms with Gasteiger partial charge in [-0.3, -0.25) is 9.78 Å². The van der Waals surface area contributed by atoms with Crippen LogP contribution in [0.25, 0.3) is 17.2 Å². The third-order valence-electron chi connectivity index (χ3n) is 8.93. The second-order valence-corrected chi connectivity index (χ2v) is 11.7. The Balaban J connectivity index is 1.04. The highest BCUT2D eigenvalue weighted by atomic mass is 16.1. The van der Waals surface area contributed by atoms with Gasteiger partial charge in [0.05, 0.1) is 11.4 Å². The van der Waals surface area contributed by atoms with Crippen LogP contribution in [0, 0.1) is 23.2 Å². The fourth-order valence-corrected chi connectivity index (χ4v) is 7.60. The molecule has 1 heterocycles. The molecule has 5 heteroatoms. The molecule has 0 radical (unpaired) electrons. The van der Waals surface area contributed by atoms with Crippen molar-refractivity contribution in [1.29, 1.82) is 0 Å². The monoisotopic (exact) mass is 492 g/mol. The standard InChI is InChI=1S/C32H36N4O/c1-36(21-32-18-24-14-25(19-32)16-28(32)15-24)20-23-4-2-22(3-5-23)6-9-31(37)35-30-17-27(7-8-29(30)33)26-10-12-34-13-11-26/h2-13,17,24-25,28H,14-16,18-21,33H2,1H3,(H,35,37)/b9-6+. The molecule has 2 aromatic carbocycles. The van der Waals surface area contributed by atoms with E-state index in [4.69, 9.17) is 5.73 Å². The van der Waals surface area contributed by atoms with Gasteiger partial charge in [-0.25, -0.2) is 0 Å². The summed E-state index contributed by atoms with van der Waals surface area (Å²) in [7, 11) is 2.28. The average Bonchev–Trinajstić information content (AvgIpc) is 3.27. The molecule has 5 nitrogen and oxygen atoms in total. The Kier molecular flexibility index (Phi) is 6.33. The van der Waals surface area contributed by atoms with Gasteiger partial charge in [-0.05, 0) is 115 Å². The molecular weight excluding hydrogens is 456 g/mol. The van der Waals surface area contributed by atoms with Crippen LogP contribution in [0.2, 0.25) is 0 Å². The minimum absolute atomic E-state index is 0.206. The number of nitrogens with one attached hydrogen (secondary N) is 1. The van der Waals surface area contributed by atoms with Gasteiger partial charge in [0.2, 0.25) is 5.91 Å². The fourth-order valence-electron chi connectivity index (χ4n) is 7.60. The van der Waals surface area contributed by atoms with Gasteiger partial charge >= 0.3 is 0 Å². The molecule has 4 bridgehead atoms. The fraction of sp³-hybridized carbons (Fsp3) is 0.375. The number of rotatable bonds is 8. The first-order chi connectivity index (χ1) is 18.0. The van der Waals surface area contributed by atoms with Crippen molar-refractivity contribution in [1.82, 2.24) is 9.88 Å². The minimum Gasteiger partial charge on any atom is -0.397 e. The zero-order chi connectivity index (χ0) is 25.4. The van der Waals surface area contributed by atoms with Gasteiger partial charge in [0.15, 0.2) is 0 Å². The lowest BCUT2D eigenvalue weighted by Gasteiger charge is -2.36. The molecule has 3 N–H and O–H groups in total. The number of hydrogen-bond donors (Lipinski definition) is 2. The average molecular weight is 493 g/mol. The predicted molar refractivity (Wildman–Crippen MR) is 151 cm³/mol. The van der Waals surface area contributed by atoms with Crippen molar-refractivity contribution in [3.63, 3.8) is 0 Å². The molecule has 4 aliphatic carbocycles. The largest absolute Gasteiger partial charge is 0.397 e.